The molecule has 0 fully saturated rings. The summed E-state index contributed by atoms with van der Waals surface area (Å²) in [6, 6.07) is 3.87. The van der Waals surface area contributed by atoms with Crippen LogP contribution < -0.4 is 0 Å². The smallest absolute Gasteiger partial charge is 0.342 e. The predicted molar refractivity (Wildman–Crippen MR) is 47.5 cm³/mol. The molecule has 0 aromatic heterocycles. The number of halogens is 2. The summed E-state index contributed by atoms with van der Waals surface area (Å²) in [5, 5.41) is 8.68. The lowest BCUT2D eigenvalue weighted by molar-refractivity contribution is 0.0595. The van der Waals surface area contributed by atoms with Gasteiger partial charge in [-0.15, -0.1) is 0 Å². The first-order chi connectivity index (χ1) is 6.61. The molecule has 0 saturated carbocycles. The molecule has 1 aromatic carbocycles. The number of benzene rings is 1. The Morgan fingerprint density at radius 2 is 2.29 bits per heavy atom. The average molecular weight is 214 g/mol. The highest BCUT2D eigenvalue weighted by atomic mass is 35.5. The third-order valence-corrected chi connectivity index (χ3v) is 1.92. The molecule has 0 saturated heterocycles. The minimum Gasteiger partial charge on any atom is -0.465 e. The molecule has 0 spiro atoms. The Labute approximate surface area is 84.7 Å². The van der Waals surface area contributed by atoms with Crippen LogP contribution in [0.1, 0.15) is 15.9 Å². The van der Waals surface area contributed by atoms with Gasteiger partial charge in [-0.2, -0.15) is 5.26 Å². The molecule has 5 heteroatoms. The Hall–Kier alpha value is -1.60. The van der Waals surface area contributed by atoms with Crippen LogP contribution in [0.15, 0.2) is 12.1 Å². The first-order valence-corrected chi connectivity index (χ1v) is 3.96. The van der Waals surface area contributed by atoms with Gasteiger partial charge in [0.05, 0.1) is 17.7 Å². The van der Waals surface area contributed by atoms with Crippen LogP contribution in [0.3, 0.4) is 0 Å². The van der Waals surface area contributed by atoms with E-state index in [1.165, 1.54) is 6.07 Å². The van der Waals surface area contributed by atoms with Gasteiger partial charge in [-0.1, -0.05) is 11.6 Å². The van der Waals surface area contributed by atoms with E-state index in [1.807, 2.05) is 0 Å². The molecule has 0 heterocycles. The van der Waals surface area contributed by atoms with Gasteiger partial charge in [0.1, 0.15) is 17.4 Å². The number of nitrogens with zero attached hydrogens (tertiary/aromatic N) is 1. The molecule has 0 aliphatic carbocycles. The lowest BCUT2D eigenvalue weighted by atomic mass is 10.1. The molecule has 0 radical (unpaired) electrons. The molecule has 0 amide bonds. The number of ether oxygens (including phenoxy) is 1. The highest BCUT2D eigenvalue weighted by molar-refractivity contribution is 6.32. The maximum Gasteiger partial charge on any atom is 0.342 e. The van der Waals surface area contributed by atoms with Crippen LogP contribution in [-0.2, 0) is 4.74 Å². The van der Waals surface area contributed by atoms with Gasteiger partial charge >= 0.3 is 5.97 Å². The zero-order valence-electron chi connectivity index (χ0n) is 7.17. The minimum atomic E-state index is -0.915. The third kappa shape index (κ3) is 1.68. The highest BCUT2D eigenvalue weighted by Gasteiger charge is 2.19. The van der Waals surface area contributed by atoms with Crippen LogP contribution in [0, 0.1) is 17.1 Å². The second-order valence-electron chi connectivity index (χ2n) is 2.38. The summed E-state index contributed by atoms with van der Waals surface area (Å²) in [5.74, 6) is -1.74. The van der Waals surface area contributed by atoms with Gasteiger partial charge < -0.3 is 4.74 Å². The maximum atomic E-state index is 13.1. The Morgan fingerprint density at radius 3 is 2.79 bits per heavy atom. The number of carbonyl (C=O) groups excluding carboxylic acids is 1. The van der Waals surface area contributed by atoms with E-state index in [-0.39, 0.29) is 10.6 Å². The van der Waals surface area contributed by atoms with Crippen molar-refractivity contribution in [3.05, 3.63) is 34.1 Å². The highest BCUT2D eigenvalue weighted by Crippen LogP contribution is 2.22. The van der Waals surface area contributed by atoms with Crippen molar-refractivity contribution >= 4 is 17.6 Å². The van der Waals surface area contributed by atoms with Crippen molar-refractivity contribution in [2.24, 2.45) is 0 Å². The van der Waals surface area contributed by atoms with Gasteiger partial charge in [-0.3, -0.25) is 0 Å². The molecular formula is C9H5ClFNO2. The lowest BCUT2D eigenvalue weighted by Gasteiger charge is -2.04. The van der Waals surface area contributed by atoms with Gasteiger partial charge in [0.2, 0.25) is 0 Å². The molecule has 1 aromatic rings. The Balaban J connectivity index is 3.47. The lowest BCUT2D eigenvalue weighted by Crippen LogP contribution is -2.07. The number of esters is 1. The normalized spacial score (nSPS) is 9.29. The molecule has 0 unspecified atom stereocenters. The molecule has 1 rings (SSSR count). The fraction of sp³-hybridized carbons (Fsp3) is 0.111. The summed E-state index contributed by atoms with van der Waals surface area (Å²) < 4.78 is 17.5. The van der Waals surface area contributed by atoms with Gasteiger partial charge in [0, 0.05) is 0 Å². The summed E-state index contributed by atoms with van der Waals surface area (Å²) >= 11 is 5.61. The Bertz CT molecular complexity index is 426. The van der Waals surface area contributed by atoms with E-state index in [9.17, 15) is 9.18 Å². The number of methoxy groups -OCH3 is 1. The van der Waals surface area contributed by atoms with Crippen LogP contribution in [0.25, 0.3) is 0 Å². The number of hydrogen-bond acceptors (Lipinski definition) is 3. The van der Waals surface area contributed by atoms with Crippen molar-refractivity contribution in [3.8, 4) is 6.07 Å². The zero-order chi connectivity index (χ0) is 10.7. The largest absolute Gasteiger partial charge is 0.465 e. The monoisotopic (exact) mass is 213 g/mol. The van der Waals surface area contributed by atoms with Crippen molar-refractivity contribution in [2.75, 3.05) is 7.11 Å². The minimum absolute atomic E-state index is 0.0225. The Morgan fingerprint density at radius 1 is 1.64 bits per heavy atom. The van der Waals surface area contributed by atoms with Gasteiger partial charge in [-0.05, 0) is 12.1 Å². The maximum absolute atomic E-state index is 13.1. The van der Waals surface area contributed by atoms with E-state index < -0.39 is 17.3 Å². The molecule has 0 N–H and O–H groups in total. The number of rotatable bonds is 1. The molecule has 0 aliphatic heterocycles. The van der Waals surface area contributed by atoms with Gasteiger partial charge in [0.15, 0.2) is 0 Å². The van der Waals surface area contributed by atoms with E-state index in [1.54, 1.807) is 6.07 Å². The zero-order valence-corrected chi connectivity index (χ0v) is 7.93. The second-order valence-corrected chi connectivity index (χ2v) is 2.79. The van der Waals surface area contributed by atoms with Crippen LogP contribution in [0.5, 0.6) is 0 Å². The van der Waals surface area contributed by atoms with E-state index in [2.05, 4.69) is 4.74 Å². The van der Waals surface area contributed by atoms with Crippen molar-refractivity contribution in [3.63, 3.8) is 0 Å². The summed E-state index contributed by atoms with van der Waals surface area (Å²) in [5.41, 5.74) is -0.638. The van der Waals surface area contributed by atoms with Crippen LogP contribution in [0.4, 0.5) is 4.39 Å². The van der Waals surface area contributed by atoms with Crippen molar-refractivity contribution in [2.45, 2.75) is 0 Å². The van der Waals surface area contributed by atoms with Crippen LogP contribution in [-0.4, -0.2) is 13.1 Å². The van der Waals surface area contributed by atoms with Crippen molar-refractivity contribution in [1.29, 1.82) is 5.26 Å². The SMILES string of the molecule is COC(=O)c1c(F)ccc(Cl)c1C#N. The summed E-state index contributed by atoms with van der Waals surface area (Å²) in [4.78, 5) is 11.1. The van der Waals surface area contributed by atoms with Crippen LogP contribution in [0.2, 0.25) is 5.02 Å². The number of nitriles is 1. The van der Waals surface area contributed by atoms with Crippen molar-refractivity contribution < 1.29 is 13.9 Å². The number of carbonyl (C=O) groups is 1. The third-order valence-electron chi connectivity index (χ3n) is 1.60. The first-order valence-electron chi connectivity index (χ1n) is 3.58. The summed E-state index contributed by atoms with van der Waals surface area (Å²) in [7, 11) is 1.10. The van der Waals surface area contributed by atoms with Gasteiger partial charge in [-0.25, -0.2) is 9.18 Å². The fourth-order valence-corrected chi connectivity index (χ4v) is 1.16. The molecule has 72 valence electrons. The van der Waals surface area contributed by atoms with Gasteiger partial charge in [0.25, 0.3) is 0 Å². The van der Waals surface area contributed by atoms with E-state index in [4.69, 9.17) is 16.9 Å². The fourth-order valence-electron chi connectivity index (χ4n) is 0.963. The van der Waals surface area contributed by atoms with E-state index in [0.717, 1.165) is 13.2 Å². The summed E-state index contributed by atoms with van der Waals surface area (Å²) in [6.07, 6.45) is 0. The second kappa shape index (κ2) is 4.07. The number of hydrogen-bond donors (Lipinski definition) is 0. The molecule has 0 bridgehead atoms. The van der Waals surface area contributed by atoms with E-state index >= 15 is 0 Å². The molecule has 0 aliphatic rings. The molecule has 0 atom stereocenters. The summed E-state index contributed by atoms with van der Waals surface area (Å²) in [6.45, 7) is 0. The van der Waals surface area contributed by atoms with Crippen LogP contribution >= 0.6 is 11.6 Å². The molecule has 14 heavy (non-hydrogen) atoms. The molecule has 3 nitrogen and oxygen atoms in total. The quantitative estimate of drug-likeness (QED) is 0.672. The standard InChI is InChI=1S/C9H5ClFNO2/c1-14-9(13)8-5(4-12)6(10)2-3-7(8)11/h2-3H,1H3. The van der Waals surface area contributed by atoms with E-state index in [0.29, 0.717) is 0 Å². The first kappa shape index (κ1) is 10.5. The average Bonchev–Trinajstić information content (AvgIpc) is 2.19. The topological polar surface area (TPSA) is 50.1 Å². The molecular weight excluding hydrogens is 209 g/mol. The Kier molecular flexibility index (Phi) is 3.05. The predicted octanol–water partition coefficient (Wildman–Crippen LogP) is 2.14. The van der Waals surface area contributed by atoms with Crippen molar-refractivity contribution in [1.82, 2.24) is 0 Å².